The maximum atomic E-state index is 13.0. The van der Waals surface area contributed by atoms with E-state index in [4.69, 9.17) is 5.26 Å². The Morgan fingerprint density at radius 1 is 1.14 bits per heavy atom. The second kappa shape index (κ2) is 5.54. The first-order valence-corrected chi connectivity index (χ1v) is 8.71. The average molecular weight is 313 g/mol. The van der Waals surface area contributed by atoms with Gasteiger partial charge in [0.25, 0.3) is 0 Å². The van der Waals surface area contributed by atoms with Crippen LogP contribution in [0.4, 0.5) is 0 Å². The van der Waals surface area contributed by atoms with Crippen LogP contribution in [0.2, 0.25) is 0 Å². The van der Waals surface area contributed by atoms with Crippen molar-refractivity contribution in [2.45, 2.75) is 29.4 Å². The predicted octanol–water partition coefficient (Wildman–Crippen LogP) is 2.87. The Morgan fingerprint density at radius 3 is 2.64 bits per heavy atom. The number of carbonyl (C=O) groups excluding carboxylic acids is 1. The number of sulfone groups is 1. The van der Waals surface area contributed by atoms with Gasteiger partial charge in [0.2, 0.25) is 0 Å². The third kappa shape index (κ3) is 2.30. The van der Waals surface area contributed by atoms with Gasteiger partial charge in [-0.1, -0.05) is 36.4 Å². The summed E-state index contributed by atoms with van der Waals surface area (Å²) < 4.78 is 26.0. The van der Waals surface area contributed by atoms with Gasteiger partial charge in [0.15, 0.2) is 15.6 Å². The number of fused-ring (bicyclic) bond motifs is 1. The number of ketones is 1. The van der Waals surface area contributed by atoms with E-state index in [0.717, 1.165) is 5.39 Å². The van der Waals surface area contributed by atoms with Crippen LogP contribution in [0.3, 0.4) is 0 Å². The largest absolute Gasteiger partial charge is 0.298 e. The van der Waals surface area contributed by atoms with Gasteiger partial charge in [-0.25, -0.2) is 8.42 Å². The maximum Gasteiger partial charge on any atom is 0.189 e. The maximum absolute atomic E-state index is 13.0. The molecule has 0 unspecified atom stereocenters. The third-order valence-electron chi connectivity index (χ3n) is 4.25. The molecule has 0 bridgehead atoms. The zero-order valence-corrected chi connectivity index (χ0v) is 12.7. The van der Waals surface area contributed by atoms with Crippen molar-refractivity contribution >= 4 is 26.4 Å². The molecule has 1 fully saturated rings. The molecule has 0 amide bonds. The van der Waals surface area contributed by atoms with Crippen LogP contribution in [-0.4, -0.2) is 19.5 Å². The summed E-state index contributed by atoms with van der Waals surface area (Å²) in [6.45, 7) is 0. The topological polar surface area (TPSA) is 75.0 Å². The molecule has 0 heterocycles. The molecule has 2 aromatic carbocycles. The lowest BCUT2D eigenvalue weighted by molar-refractivity contribution is -0.117. The van der Waals surface area contributed by atoms with Crippen molar-refractivity contribution in [1.82, 2.24) is 0 Å². The molecule has 1 saturated carbocycles. The highest BCUT2D eigenvalue weighted by Gasteiger charge is 2.44. The Morgan fingerprint density at radius 2 is 1.86 bits per heavy atom. The van der Waals surface area contributed by atoms with Crippen LogP contribution < -0.4 is 0 Å². The molecule has 5 heteroatoms. The van der Waals surface area contributed by atoms with E-state index in [1.165, 1.54) is 0 Å². The van der Waals surface area contributed by atoms with Crippen molar-refractivity contribution in [3.05, 3.63) is 42.5 Å². The number of rotatable bonds is 3. The standard InChI is InChI=1S/C17H15NO3S/c18-11-10-13-8-9-15(19)17(13)22(20,21)16-7-3-5-12-4-1-2-6-14(12)16/h1-7,13,17H,8-10H2/t13-,17-/m1/s1. The summed E-state index contributed by atoms with van der Waals surface area (Å²) in [6, 6.07) is 14.3. The molecule has 1 aliphatic rings. The van der Waals surface area contributed by atoms with E-state index >= 15 is 0 Å². The first-order chi connectivity index (χ1) is 10.6. The summed E-state index contributed by atoms with van der Waals surface area (Å²) in [6.07, 6.45) is 0.808. The van der Waals surface area contributed by atoms with Crippen molar-refractivity contribution in [3.63, 3.8) is 0 Å². The molecule has 2 atom stereocenters. The summed E-state index contributed by atoms with van der Waals surface area (Å²) in [4.78, 5) is 12.3. The fraction of sp³-hybridized carbons (Fsp3) is 0.294. The number of hydrogen-bond acceptors (Lipinski definition) is 4. The van der Waals surface area contributed by atoms with E-state index in [2.05, 4.69) is 0 Å². The van der Waals surface area contributed by atoms with Crippen LogP contribution in [0.5, 0.6) is 0 Å². The van der Waals surface area contributed by atoms with Gasteiger partial charge in [-0.2, -0.15) is 5.26 Å². The van der Waals surface area contributed by atoms with E-state index in [-0.39, 0.29) is 23.5 Å². The molecule has 0 spiro atoms. The van der Waals surface area contributed by atoms with Crippen LogP contribution in [0.1, 0.15) is 19.3 Å². The molecule has 0 saturated heterocycles. The number of nitrogens with zero attached hydrogens (tertiary/aromatic N) is 1. The Labute approximate surface area is 129 Å². The van der Waals surface area contributed by atoms with Crippen LogP contribution >= 0.6 is 0 Å². The van der Waals surface area contributed by atoms with Crippen LogP contribution in [0, 0.1) is 17.2 Å². The number of nitriles is 1. The molecule has 0 aliphatic heterocycles. The highest BCUT2D eigenvalue weighted by atomic mass is 32.2. The lowest BCUT2D eigenvalue weighted by Gasteiger charge is -2.17. The molecule has 112 valence electrons. The van der Waals surface area contributed by atoms with Crippen molar-refractivity contribution in [3.8, 4) is 6.07 Å². The first kappa shape index (κ1) is 14.7. The molecule has 1 aliphatic carbocycles. The van der Waals surface area contributed by atoms with Gasteiger partial charge in [0, 0.05) is 18.2 Å². The number of benzene rings is 2. The quantitative estimate of drug-likeness (QED) is 0.873. The Bertz CT molecular complexity index is 875. The summed E-state index contributed by atoms with van der Waals surface area (Å²) in [5.41, 5.74) is 0. The normalized spacial score (nSPS) is 21.9. The predicted molar refractivity (Wildman–Crippen MR) is 82.9 cm³/mol. The monoisotopic (exact) mass is 313 g/mol. The molecular formula is C17H15NO3S. The van der Waals surface area contributed by atoms with Gasteiger partial charge in [-0.3, -0.25) is 4.79 Å². The summed E-state index contributed by atoms with van der Waals surface area (Å²) >= 11 is 0. The van der Waals surface area contributed by atoms with Crippen LogP contribution in [-0.2, 0) is 14.6 Å². The fourth-order valence-electron chi connectivity index (χ4n) is 3.22. The number of carbonyl (C=O) groups is 1. The van der Waals surface area contributed by atoms with Crippen molar-refractivity contribution < 1.29 is 13.2 Å². The molecule has 22 heavy (non-hydrogen) atoms. The van der Waals surface area contributed by atoms with E-state index in [9.17, 15) is 13.2 Å². The minimum Gasteiger partial charge on any atom is -0.298 e. The van der Waals surface area contributed by atoms with Gasteiger partial charge in [0.05, 0.1) is 11.0 Å². The minimum atomic E-state index is -3.79. The van der Waals surface area contributed by atoms with Crippen molar-refractivity contribution in [2.75, 3.05) is 0 Å². The second-order valence-electron chi connectivity index (χ2n) is 5.57. The molecule has 0 aromatic heterocycles. The smallest absolute Gasteiger partial charge is 0.189 e. The Balaban J connectivity index is 2.16. The number of hydrogen-bond donors (Lipinski definition) is 0. The van der Waals surface area contributed by atoms with Gasteiger partial charge >= 0.3 is 0 Å². The van der Waals surface area contributed by atoms with E-state index in [0.29, 0.717) is 11.8 Å². The molecule has 3 rings (SSSR count). The lowest BCUT2D eigenvalue weighted by atomic mass is 10.1. The average Bonchev–Trinajstić information content (AvgIpc) is 2.88. The molecular weight excluding hydrogens is 298 g/mol. The molecule has 4 nitrogen and oxygen atoms in total. The summed E-state index contributed by atoms with van der Waals surface area (Å²) in [5, 5.41) is 9.25. The first-order valence-electron chi connectivity index (χ1n) is 7.17. The highest BCUT2D eigenvalue weighted by molar-refractivity contribution is 7.93. The highest BCUT2D eigenvalue weighted by Crippen LogP contribution is 2.36. The second-order valence-corrected chi connectivity index (χ2v) is 7.61. The van der Waals surface area contributed by atoms with E-state index in [1.807, 2.05) is 24.3 Å². The van der Waals surface area contributed by atoms with Gasteiger partial charge in [-0.05, 0) is 23.8 Å². The van der Waals surface area contributed by atoms with Gasteiger partial charge in [0.1, 0.15) is 5.25 Å². The minimum absolute atomic E-state index is 0.0976. The Hall–Kier alpha value is -2.19. The van der Waals surface area contributed by atoms with E-state index < -0.39 is 21.0 Å². The Kier molecular flexibility index (Phi) is 3.71. The number of Topliss-reactive ketones (excluding diaryl/α,β-unsaturated/α-hetero) is 1. The van der Waals surface area contributed by atoms with Crippen LogP contribution in [0.25, 0.3) is 10.8 Å². The van der Waals surface area contributed by atoms with E-state index in [1.54, 1.807) is 24.3 Å². The summed E-state index contributed by atoms with van der Waals surface area (Å²) in [7, 11) is -3.79. The zero-order valence-electron chi connectivity index (χ0n) is 11.9. The third-order valence-corrected chi connectivity index (χ3v) is 6.54. The zero-order chi connectivity index (χ0) is 15.7. The van der Waals surface area contributed by atoms with Gasteiger partial charge < -0.3 is 0 Å². The fourth-order valence-corrected chi connectivity index (χ4v) is 5.45. The van der Waals surface area contributed by atoms with Crippen LogP contribution in [0.15, 0.2) is 47.4 Å². The lowest BCUT2D eigenvalue weighted by Crippen LogP contribution is -2.31. The molecule has 0 N–H and O–H groups in total. The summed E-state index contributed by atoms with van der Waals surface area (Å²) in [5.74, 6) is -0.672. The SMILES string of the molecule is N#CC[C@H]1CCC(=O)[C@@H]1S(=O)(=O)c1cccc2ccccc12. The molecule has 2 aromatic rings. The van der Waals surface area contributed by atoms with Crippen molar-refractivity contribution in [1.29, 1.82) is 5.26 Å². The van der Waals surface area contributed by atoms with Gasteiger partial charge in [-0.15, -0.1) is 0 Å². The molecule has 0 radical (unpaired) electrons. The van der Waals surface area contributed by atoms with Crippen molar-refractivity contribution in [2.24, 2.45) is 5.92 Å².